The lowest BCUT2D eigenvalue weighted by Gasteiger charge is -2.37. The van der Waals surface area contributed by atoms with Gasteiger partial charge in [-0.2, -0.15) is 0 Å². The lowest BCUT2D eigenvalue weighted by atomic mass is 10.0. The highest BCUT2D eigenvalue weighted by atomic mass is 32.1. The molecule has 0 saturated heterocycles. The average Bonchev–Trinajstić information content (AvgIpc) is 3.38. The van der Waals surface area contributed by atoms with Crippen LogP contribution in [0.5, 0.6) is 5.75 Å². The molecule has 0 aliphatic carbocycles. The minimum absolute atomic E-state index is 0.0112. The van der Waals surface area contributed by atoms with Crippen molar-refractivity contribution >= 4 is 29.0 Å². The molecule has 1 aliphatic rings. The fourth-order valence-corrected chi connectivity index (χ4v) is 5.24. The van der Waals surface area contributed by atoms with Gasteiger partial charge < -0.3 is 24.6 Å². The summed E-state index contributed by atoms with van der Waals surface area (Å²) in [5, 5.41) is 5.00. The second-order valence-corrected chi connectivity index (χ2v) is 9.84. The number of aryl methyl sites for hydroxylation is 1. The summed E-state index contributed by atoms with van der Waals surface area (Å²) in [6, 6.07) is 18.8. The molecule has 1 N–H and O–H groups in total. The summed E-state index contributed by atoms with van der Waals surface area (Å²) in [6.45, 7) is 3.87. The van der Waals surface area contributed by atoms with Gasteiger partial charge in [0, 0.05) is 37.4 Å². The summed E-state index contributed by atoms with van der Waals surface area (Å²) in [5.41, 5.74) is 2.94. The summed E-state index contributed by atoms with van der Waals surface area (Å²) in [5.74, 6) is 0.677. The number of urea groups is 1. The van der Waals surface area contributed by atoms with Crippen molar-refractivity contribution in [3.05, 3.63) is 82.0 Å². The maximum absolute atomic E-state index is 13.6. The number of anilines is 1. The smallest absolute Gasteiger partial charge is 0.322 e. The quantitative estimate of drug-likeness (QED) is 0.386. The van der Waals surface area contributed by atoms with E-state index in [0.717, 1.165) is 23.3 Å². The third-order valence-corrected chi connectivity index (χ3v) is 7.26. The van der Waals surface area contributed by atoms with Crippen LogP contribution in [0.2, 0.25) is 0 Å². The number of nitrogens with one attached hydrogen (secondary N) is 1. The molecule has 1 aromatic heterocycles. The van der Waals surface area contributed by atoms with Crippen LogP contribution in [0.3, 0.4) is 0 Å². The van der Waals surface area contributed by atoms with Gasteiger partial charge in [-0.05, 0) is 61.0 Å². The summed E-state index contributed by atoms with van der Waals surface area (Å²) in [6.07, 6.45) is 1.44. The van der Waals surface area contributed by atoms with Crippen molar-refractivity contribution in [3.8, 4) is 5.75 Å². The zero-order chi connectivity index (χ0) is 25.3. The minimum atomic E-state index is -0.298. The lowest BCUT2D eigenvalue weighted by molar-refractivity contribution is -0.135. The standard InChI is InChI=1S/C28H33N3O4S/c1-21-9-11-22(12-10-21)29-28(33)30(15-6-17-34-2)19-27(32)31-16-13-26-24(14-18-36-26)25(31)20-35-23-7-4-3-5-8-23/h3-5,7-12,14,18,25H,6,13,15-17,19-20H2,1-2H3,(H,29,33). The Bertz CT molecular complexity index is 1130. The molecule has 0 radical (unpaired) electrons. The van der Waals surface area contributed by atoms with Gasteiger partial charge in [0.15, 0.2) is 0 Å². The molecular formula is C28H33N3O4S. The Kier molecular flexibility index (Phi) is 8.97. The Morgan fingerprint density at radius 2 is 1.89 bits per heavy atom. The van der Waals surface area contributed by atoms with Gasteiger partial charge in [-0.3, -0.25) is 4.79 Å². The summed E-state index contributed by atoms with van der Waals surface area (Å²) in [4.78, 5) is 31.5. The molecule has 0 spiro atoms. The molecule has 2 heterocycles. The first-order valence-corrected chi connectivity index (χ1v) is 13.1. The first-order chi connectivity index (χ1) is 17.5. The number of ether oxygens (including phenoxy) is 2. The molecule has 2 aromatic carbocycles. The molecule has 1 atom stereocenters. The minimum Gasteiger partial charge on any atom is -0.491 e. The molecule has 1 aliphatic heterocycles. The van der Waals surface area contributed by atoms with E-state index >= 15 is 0 Å². The van der Waals surface area contributed by atoms with Gasteiger partial charge in [-0.15, -0.1) is 11.3 Å². The number of hydrogen-bond donors (Lipinski definition) is 1. The number of hydrogen-bond acceptors (Lipinski definition) is 5. The first kappa shape index (κ1) is 25.7. The molecule has 3 amide bonds. The van der Waals surface area contributed by atoms with Crippen molar-refractivity contribution in [2.45, 2.75) is 25.8 Å². The predicted molar refractivity (Wildman–Crippen MR) is 143 cm³/mol. The molecule has 0 fully saturated rings. The molecule has 0 saturated carbocycles. The van der Waals surface area contributed by atoms with Crippen LogP contribution >= 0.6 is 11.3 Å². The Morgan fingerprint density at radius 1 is 1.11 bits per heavy atom. The van der Waals surface area contributed by atoms with Gasteiger partial charge in [-0.1, -0.05) is 35.9 Å². The monoisotopic (exact) mass is 507 g/mol. The third kappa shape index (κ3) is 6.65. The number of rotatable bonds is 10. The normalized spacial score (nSPS) is 14.7. The van der Waals surface area contributed by atoms with E-state index in [9.17, 15) is 9.59 Å². The van der Waals surface area contributed by atoms with Crippen molar-refractivity contribution < 1.29 is 19.1 Å². The van der Waals surface area contributed by atoms with Crippen molar-refractivity contribution in [3.63, 3.8) is 0 Å². The fraction of sp³-hybridized carbons (Fsp3) is 0.357. The number of fused-ring (bicyclic) bond motifs is 1. The number of para-hydroxylation sites is 1. The maximum atomic E-state index is 13.6. The van der Waals surface area contributed by atoms with Crippen molar-refractivity contribution in [1.29, 1.82) is 0 Å². The van der Waals surface area contributed by atoms with E-state index in [2.05, 4.69) is 16.8 Å². The van der Waals surface area contributed by atoms with Crippen molar-refractivity contribution in [2.24, 2.45) is 0 Å². The molecule has 7 nitrogen and oxygen atoms in total. The first-order valence-electron chi connectivity index (χ1n) is 12.2. The van der Waals surface area contributed by atoms with E-state index in [-0.39, 0.29) is 24.5 Å². The molecule has 8 heteroatoms. The number of thiophene rings is 1. The van der Waals surface area contributed by atoms with Crippen LogP contribution in [0.1, 0.15) is 28.5 Å². The van der Waals surface area contributed by atoms with E-state index in [1.807, 2.05) is 66.4 Å². The van der Waals surface area contributed by atoms with Crippen molar-refractivity contribution in [2.75, 3.05) is 45.3 Å². The van der Waals surface area contributed by atoms with Gasteiger partial charge in [0.25, 0.3) is 0 Å². The van der Waals surface area contributed by atoms with Crippen LogP contribution in [0, 0.1) is 6.92 Å². The number of amides is 3. The molecule has 3 aromatic rings. The van der Waals surface area contributed by atoms with Crippen LogP contribution < -0.4 is 10.1 Å². The van der Waals surface area contributed by atoms with Gasteiger partial charge in [-0.25, -0.2) is 4.79 Å². The lowest BCUT2D eigenvalue weighted by Crippen LogP contribution is -2.49. The van der Waals surface area contributed by atoms with Crippen LogP contribution in [-0.4, -0.2) is 61.7 Å². The molecule has 4 rings (SSSR count). The predicted octanol–water partition coefficient (Wildman–Crippen LogP) is 5.13. The van der Waals surface area contributed by atoms with Gasteiger partial charge >= 0.3 is 6.03 Å². The Morgan fingerprint density at radius 3 is 2.64 bits per heavy atom. The van der Waals surface area contributed by atoms with E-state index < -0.39 is 0 Å². The summed E-state index contributed by atoms with van der Waals surface area (Å²) >= 11 is 1.72. The van der Waals surface area contributed by atoms with Crippen LogP contribution in [0.25, 0.3) is 0 Å². The number of carbonyl (C=O) groups is 2. The zero-order valence-corrected chi connectivity index (χ0v) is 21.6. The Labute approximate surface area is 216 Å². The fourth-order valence-electron chi connectivity index (χ4n) is 4.31. The third-order valence-electron chi connectivity index (χ3n) is 6.26. The molecular weight excluding hydrogens is 474 g/mol. The second kappa shape index (κ2) is 12.6. The number of nitrogens with zero attached hydrogens (tertiary/aromatic N) is 2. The van der Waals surface area contributed by atoms with Crippen LogP contribution in [0.15, 0.2) is 66.0 Å². The van der Waals surface area contributed by atoms with E-state index in [1.54, 1.807) is 23.3 Å². The maximum Gasteiger partial charge on any atom is 0.322 e. The van der Waals surface area contributed by atoms with Crippen LogP contribution in [0.4, 0.5) is 10.5 Å². The van der Waals surface area contributed by atoms with E-state index in [0.29, 0.717) is 38.4 Å². The topological polar surface area (TPSA) is 71.1 Å². The molecule has 1 unspecified atom stereocenters. The van der Waals surface area contributed by atoms with Gasteiger partial charge in [0.1, 0.15) is 18.9 Å². The Hall–Kier alpha value is -3.36. The molecule has 36 heavy (non-hydrogen) atoms. The highest BCUT2D eigenvalue weighted by Gasteiger charge is 2.33. The summed E-state index contributed by atoms with van der Waals surface area (Å²) in [7, 11) is 1.63. The Balaban J connectivity index is 1.47. The highest BCUT2D eigenvalue weighted by Crippen LogP contribution is 2.34. The van der Waals surface area contributed by atoms with Gasteiger partial charge in [0.2, 0.25) is 5.91 Å². The second-order valence-electron chi connectivity index (χ2n) is 8.84. The SMILES string of the molecule is COCCCN(CC(=O)N1CCc2sccc2C1COc1ccccc1)C(=O)Nc1ccc(C)cc1. The average molecular weight is 508 g/mol. The van der Waals surface area contributed by atoms with E-state index in [1.165, 1.54) is 4.88 Å². The highest BCUT2D eigenvalue weighted by molar-refractivity contribution is 7.10. The van der Waals surface area contributed by atoms with E-state index in [4.69, 9.17) is 9.47 Å². The summed E-state index contributed by atoms with van der Waals surface area (Å²) < 4.78 is 11.3. The van der Waals surface area contributed by atoms with Crippen LogP contribution in [-0.2, 0) is 16.0 Å². The number of methoxy groups -OCH3 is 1. The zero-order valence-electron chi connectivity index (χ0n) is 20.8. The number of carbonyl (C=O) groups excluding carboxylic acids is 2. The largest absolute Gasteiger partial charge is 0.491 e. The number of benzene rings is 2. The molecule has 190 valence electrons. The van der Waals surface area contributed by atoms with Gasteiger partial charge in [0.05, 0.1) is 6.04 Å². The van der Waals surface area contributed by atoms with Crippen molar-refractivity contribution in [1.82, 2.24) is 9.80 Å². The molecule has 0 bridgehead atoms.